The third kappa shape index (κ3) is 9.68. The van der Waals surface area contributed by atoms with Gasteiger partial charge in [0, 0.05) is 0 Å². The Labute approximate surface area is 111 Å². The fraction of sp³-hybridized carbons (Fsp3) is 1.00. The van der Waals surface area contributed by atoms with Crippen LogP contribution in [0.15, 0.2) is 0 Å². The van der Waals surface area contributed by atoms with E-state index in [1.165, 1.54) is 70.6 Å². The first kappa shape index (κ1) is 17.0. The highest BCUT2D eigenvalue weighted by Crippen LogP contribution is 2.28. The largest absolute Gasteiger partial charge is 0.0654 e. The molecule has 1 unspecified atom stereocenters. The van der Waals surface area contributed by atoms with Gasteiger partial charge >= 0.3 is 0 Å². The van der Waals surface area contributed by atoms with E-state index in [-0.39, 0.29) is 0 Å². The molecule has 0 aliphatic rings. The van der Waals surface area contributed by atoms with Crippen LogP contribution in [0.3, 0.4) is 0 Å². The van der Waals surface area contributed by atoms with E-state index in [0.29, 0.717) is 0 Å². The summed E-state index contributed by atoms with van der Waals surface area (Å²) in [5.41, 5.74) is 0. The Morgan fingerprint density at radius 2 is 1.00 bits per heavy atom. The maximum Gasteiger partial charge on any atom is -0.0412 e. The van der Waals surface area contributed by atoms with E-state index >= 15 is 0 Å². The molecule has 104 valence electrons. The van der Waals surface area contributed by atoms with E-state index in [1.54, 1.807) is 0 Å². The minimum absolute atomic E-state index is 1.02. The lowest BCUT2D eigenvalue weighted by Gasteiger charge is -2.23. The maximum atomic E-state index is 2.35. The van der Waals surface area contributed by atoms with Crippen LogP contribution in [-0.4, -0.2) is 0 Å². The van der Waals surface area contributed by atoms with E-state index in [1.807, 2.05) is 0 Å². The van der Waals surface area contributed by atoms with Crippen LogP contribution in [0.2, 0.25) is 0 Å². The summed E-state index contributed by atoms with van der Waals surface area (Å²) in [4.78, 5) is 0. The van der Waals surface area contributed by atoms with Crippen LogP contribution in [0.4, 0.5) is 0 Å². The first-order valence-corrected chi connectivity index (χ1v) is 8.28. The van der Waals surface area contributed by atoms with Crippen LogP contribution in [0.25, 0.3) is 0 Å². The second-order valence-electron chi connectivity index (χ2n) is 5.83. The van der Waals surface area contributed by atoms with E-state index in [9.17, 15) is 0 Å². The minimum Gasteiger partial charge on any atom is -0.0654 e. The van der Waals surface area contributed by atoms with Gasteiger partial charge in [-0.15, -0.1) is 0 Å². The first-order valence-electron chi connectivity index (χ1n) is 8.28. The standard InChI is InChI=1S/C17H36/c1-5-9-10-14-17(13-8-4)15-16(11-6-2)12-7-3/h16-17H,5-15H2,1-4H3. The summed E-state index contributed by atoms with van der Waals surface area (Å²) < 4.78 is 0. The lowest BCUT2D eigenvalue weighted by atomic mass is 9.83. The Morgan fingerprint density at radius 1 is 0.529 bits per heavy atom. The van der Waals surface area contributed by atoms with Crippen molar-refractivity contribution in [3.05, 3.63) is 0 Å². The molecule has 17 heavy (non-hydrogen) atoms. The van der Waals surface area contributed by atoms with Crippen LogP contribution in [0, 0.1) is 11.8 Å². The molecule has 0 saturated carbocycles. The van der Waals surface area contributed by atoms with Gasteiger partial charge in [0.25, 0.3) is 0 Å². The average Bonchev–Trinajstić information content (AvgIpc) is 2.30. The van der Waals surface area contributed by atoms with Crippen molar-refractivity contribution >= 4 is 0 Å². The lowest BCUT2D eigenvalue weighted by Crippen LogP contribution is -2.09. The zero-order chi connectivity index (χ0) is 12.9. The zero-order valence-electron chi connectivity index (χ0n) is 12.9. The number of hydrogen-bond donors (Lipinski definition) is 0. The second kappa shape index (κ2) is 12.5. The van der Waals surface area contributed by atoms with Crippen molar-refractivity contribution in [3.63, 3.8) is 0 Å². The van der Waals surface area contributed by atoms with Gasteiger partial charge in [0.15, 0.2) is 0 Å². The molecule has 0 spiro atoms. The molecule has 0 fully saturated rings. The Kier molecular flexibility index (Phi) is 12.5. The predicted octanol–water partition coefficient (Wildman–Crippen LogP) is 6.59. The number of unbranched alkanes of at least 4 members (excludes halogenated alkanes) is 2. The van der Waals surface area contributed by atoms with Crippen LogP contribution >= 0.6 is 0 Å². The fourth-order valence-electron chi connectivity index (χ4n) is 3.14. The van der Waals surface area contributed by atoms with Gasteiger partial charge in [0.05, 0.1) is 0 Å². The molecular weight excluding hydrogens is 204 g/mol. The molecule has 0 aromatic heterocycles. The third-order valence-electron chi connectivity index (χ3n) is 3.97. The molecule has 0 bridgehead atoms. The van der Waals surface area contributed by atoms with Crippen molar-refractivity contribution in [3.8, 4) is 0 Å². The van der Waals surface area contributed by atoms with Gasteiger partial charge in [-0.25, -0.2) is 0 Å². The molecule has 0 aliphatic carbocycles. The summed E-state index contributed by atoms with van der Waals surface area (Å²) in [6, 6.07) is 0. The Morgan fingerprint density at radius 3 is 1.41 bits per heavy atom. The van der Waals surface area contributed by atoms with Gasteiger partial charge in [0.1, 0.15) is 0 Å². The highest BCUT2D eigenvalue weighted by Gasteiger charge is 2.14. The van der Waals surface area contributed by atoms with Crippen LogP contribution in [0.1, 0.15) is 98.3 Å². The molecule has 0 N–H and O–H groups in total. The van der Waals surface area contributed by atoms with Crippen molar-refractivity contribution in [2.75, 3.05) is 0 Å². The van der Waals surface area contributed by atoms with Gasteiger partial charge in [-0.2, -0.15) is 0 Å². The van der Waals surface area contributed by atoms with E-state index in [4.69, 9.17) is 0 Å². The molecule has 0 aromatic carbocycles. The maximum absolute atomic E-state index is 2.35. The van der Waals surface area contributed by atoms with Gasteiger partial charge in [0.2, 0.25) is 0 Å². The van der Waals surface area contributed by atoms with Crippen LogP contribution in [-0.2, 0) is 0 Å². The Bertz CT molecular complexity index is 133. The van der Waals surface area contributed by atoms with Gasteiger partial charge in [-0.3, -0.25) is 0 Å². The quantitative estimate of drug-likeness (QED) is 0.338. The highest BCUT2D eigenvalue weighted by molar-refractivity contribution is 4.67. The molecule has 0 saturated heterocycles. The summed E-state index contributed by atoms with van der Waals surface area (Å²) >= 11 is 0. The molecule has 0 rings (SSSR count). The van der Waals surface area contributed by atoms with Gasteiger partial charge in [-0.05, 0) is 18.3 Å². The summed E-state index contributed by atoms with van der Waals surface area (Å²) in [5, 5.41) is 0. The normalized spacial score (nSPS) is 13.2. The molecular formula is C17H36. The van der Waals surface area contributed by atoms with Crippen molar-refractivity contribution in [1.29, 1.82) is 0 Å². The van der Waals surface area contributed by atoms with Crippen molar-refractivity contribution in [2.45, 2.75) is 98.3 Å². The minimum atomic E-state index is 1.02. The second-order valence-corrected chi connectivity index (χ2v) is 5.83. The number of hydrogen-bond acceptors (Lipinski definition) is 0. The summed E-state index contributed by atoms with van der Waals surface area (Å²) in [7, 11) is 0. The summed E-state index contributed by atoms with van der Waals surface area (Å²) in [6.45, 7) is 9.34. The molecule has 0 radical (unpaired) electrons. The van der Waals surface area contributed by atoms with Gasteiger partial charge in [-0.1, -0.05) is 91.9 Å². The first-order chi connectivity index (χ1) is 8.28. The van der Waals surface area contributed by atoms with Crippen LogP contribution < -0.4 is 0 Å². The molecule has 0 nitrogen and oxygen atoms in total. The summed E-state index contributed by atoms with van der Waals surface area (Å²) in [6.07, 6.45) is 15.8. The fourth-order valence-corrected chi connectivity index (χ4v) is 3.14. The van der Waals surface area contributed by atoms with Gasteiger partial charge < -0.3 is 0 Å². The zero-order valence-corrected chi connectivity index (χ0v) is 12.9. The summed E-state index contributed by atoms with van der Waals surface area (Å²) in [5.74, 6) is 2.04. The number of rotatable bonds is 12. The predicted molar refractivity (Wildman–Crippen MR) is 80.5 cm³/mol. The monoisotopic (exact) mass is 240 g/mol. The molecule has 0 aromatic rings. The highest BCUT2D eigenvalue weighted by atomic mass is 14.2. The van der Waals surface area contributed by atoms with Crippen molar-refractivity contribution in [2.24, 2.45) is 11.8 Å². The lowest BCUT2D eigenvalue weighted by molar-refractivity contribution is 0.296. The Balaban J connectivity index is 3.98. The topological polar surface area (TPSA) is 0 Å². The molecule has 0 heterocycles. The van der Waals surface area contributed by atoms with E-state index < -0.39 is 0 Å². The van der Waals surface area contributed by atoms with E-state index in [0.717, 1.165) is 11.8 Å². The van der Waals surface area contributed by atoms with Crippen molar-refractivity contribution < 1.29 is 0 Å². The molecule has 1 atom stereocenters. The SMILES string of the molecule is CCCCCC(CCC)CC(CCC)CCC. The molecule has 0 aliphatic heterocycles. The van der Waals surface area contributed by atoms with Crippen LogP contribution in [0.5, 0.6) is 0 Å². The Hall–Kier alpha value is 0. The smallest absolute Gasteiger partial charge is 0.0412 e. The average molecular weight is 240 g/mol. The van der Waals surface area contributed by atoms with Crippen molar-refractivity contribution in [1.82, 2.24) is 0 Å². The molecule has 0 amide bonds. The third-order valence-corrected chi connectivity index (χ3v) is 3.97. The molecule has 0 heteroatoms. The van der Waals surface area contributed by atoms with E-state index in [2.05, 4.69) is 27.7 Å².